The predicted molar refractivity (Wildman–Crippen MR) is 123 cm³/mol. The van der Waals surface area contributed by atoms with E-state index in [0.717, 1.165) is 24.2 Å². The quantitative estimate of drug-likeness (QED) is 0.447. The number of amides is 1. The van der Waals surface area contributed by atoms with Crippen LogP contribution in [0.25, 0.3) is 10.9 Å². The fourth-order valence-corrected chi connectivity index (χ4v) is 4.55. The van der Waals surface area contributed by atoms with E-state index in [2.05, 4.69) is 58.8 Å². The van der Waals surface area contributed by atoms with Crippen molar-refractivity contribution in [2.45, 2.75) is 38.3 Å². The van der Waals surface area contributed by atoms with Crippen LogP contribution < -0.4 is 10.6 Å². The molecule has 0 saturated carbocycles. The highest BCUT2D eigenvalue weighted by molar-refractivity contribution is 5.99. The van der Waals surface area contributed by atoms with Crippen LogP contribution in [-0.4, -0.2) is 27.2 Å². The number of anilines is 1. The number of fused-ring (bicyclic) bond motifs is 2. The zero-order chi connectivity index (χ0) is 21.4. The lowest BCUT2D eigenvalue weighted by Crippen LogP contribution is -2.38. The molecule has 0 radical (unpaired) electrons. The second-order valence-electron chi connectivity index (χ2n) is 8.81. The van der Waals surface area contributed by atoms with Gasteiger partial charge in [-0.05, 0) is 43.9 Å². The van der Waals surface area contributed by atoms with E-state index in [4.69, 9.17) is 0 Å². The molecule has 1 aliphatic rings. The van der Waals surface area contributed by atoms with Gasteiger partial charge in [-0.15, -0.1) is 0 Å². The Morgan fingerprint density at radius 3 is 2.77 bits per heavy atom. The summed E-state index contributed by atoms with van der Waals surface area (Å²) in [6.07, 6.45) is 5.36. The number of H-pyrrole nitrogens is 1. The molecular formula is C25H27N5O. The number of benzene rings is 2. The molecule has 6 heteroatoms. The highest BCUT2D eigenvalue weighted by Gasteiger charge is 2.36. The van der Waals surface area contributed by atoms with Crippen molar-refractivity contribution in [2.24, 2.45) is 0 Å². The number of nitrogens with one attached hydrogen (secondary N) is 3. The summed E-state index contributed by atoms with van der Waals surface area (Å²) >= 11 is 0. The molecule has 0 saturated heterocycles. The topological polar surface area (TPSA) is 74.7 Å². The van der Waals surface area contributed by atoms with Crippen molar-refractivity contribution in [3.63, 3.8) is 0 Å². The molecule has 3 N–H and O–H groups in total. The number of hydrogen-bond acceptors (Lipinski definition) is 3. The Balaban J connectivity index is 1.32. The van der Waals surface area contributed by atoms with Gasteiger partial charge < -0.3 is 15.6 Å². The highest BCUT2D eigenvalue weighted by Crippen LogP contribution is 2.39. The van der Waals surface area contributed by atoms with Crippen LogP contribution in [0.5, 0.6) is 0 Å². The Kier molecular flexibility index (Phi) is 4.77. The lowest BCUT2D eigenvalue weighted by molar-refractivity contribution is 0.0954. The number of aromatic nitrogens is 3. The summed E-state index contributed by atoms with van der Waals surface area (Å²) in [5, 5.41) is 12.4. The van der Waals surface area contributed by atoms with Crippen LogP contribution in [0.1, 0.15) is 47.8 Å². The van der Waals surface area contributed by atoms with Crippen molar-refractivity contribution in [3.8, 4) is 0 Å². The highest BCUT2D eigenvalue weighted by atomic mass is 16.1. The smallest absolute Gasteiger partial charge is 0.256 e. The Bertz CT molecular complexity index is 1220. The predicted octanol–water partition coefficient (Wildman–Crippen LogP) is 4.63. The second-order valence-corrected chi connectivity index (χ2v) is 8.81. The first-order valence-corrected chi connectivity index (χ1v) is 10.8. The Morgan fingerprint density at radius 2 is 1.94 bits per heavy atom. The average molecular weight is 414 g/mol. The van der Waals surface area contributed by atoms with Crippen LogP contribution in [-0.2, 0) is 12.0 Å². The lowest BCUT2D eigenvalue weighted by Gasteiger charge is -2.38. The van der Waals surface area contributed by atoms with E-state index in [1.165, 1.54) is 16.5 Å². The second kappa shape index (κ2) is 7.61. The molecular weight excluding hydrogens is 386 g/mol. The molecule has 3 heterocycles. The summed E-state index contributed by atoms with van der Waals surface area (Å²) in [6, 6.07) is 18.7. The maximum Gasteiger partial charge on any atom is 0.256 e. The molecule has 158 valence electrons. The minimum Gasteiger partial charge on any atom is -0.363 e. The number of para-hydroxylation sites is 1. The summed E-state index contributed by atoms with van der Waals surface area (Å²) in [6.45, 7) is 4.90. The molecule has 2 aromatic carbocycles. The molecule has 5 rings (SSSR count). The zero-order valence-corrected chi connectivity index (χ0v) is 17.9. The molecule has 1 atom stereocenters. The van der Waals surface area contributed by atoms with E-state index in [0.29, 0.717) is 12.1 Å². The van der Waals surface area contributed by atoms with E-state index >= 15 is 0 Å². The van der Waals surface area contributed by atoms with Gasteiger partial charge in [0.05, 0.1) is 17.8 Å². The molecule has 1 amide bonds. The molecule has 1 aliphatic heterocycles. The van der Waals surface area contributed by atoms with Gasteiger partial charge in [0.1, 0.15) is 11.4 Å². The number of carbonyl (C=O) groups excluding carboxylic acids is 1. The molecule has 1 unspecified atom stereocenters. The number of carbonyl (C=O) groups is 1. The van der Waals surface area contributed by atoms with Crippen LogP contribution >= 0.6 is 0 Å². The number of hydrogen-bond donors (Lipinski definition) is 3. The first kappa shape index (κ1) is 19.4. The number of rotatable bonds is 5. The summed E-state index contributed by atoms with van der Waals surface area (Å²) in [4.78, 5) is 16.3. The number of nitrogens with zero attached hydrogens (tertiary/aromatic N) is 2. The molecule has 6 nitrogen and oxygen atoms in total. The van der Waals surface area contributed by atoms with E-state index in [-0.39, 0.29) is 17.5 Å². The third-order valence-electron chi connectivity index (χ3n) is 6.16. The zero-order valence-electron chi connectivity index (χ0n) is 17.9. The lowest BCUT2D eigenvalue weighted by atomic mass is 9.89. The monoisotopic (exact) mass is 413 g/mol. The molecule has 4 aromatic rings. The van der Waals surface area contributed by atoms with E-state index in [1.54, 1.807) is 6.20 Å². The van der Waals surface area contributed by atoms with Crippen LogP contribution in [0.2, 0.25) is 0 Å². The Hall–Kier alpha value is -3.54. The van der Waals surface area contributed by atoms with Crippen LogP contribution in [0.15, 0.2) is 67.0 Å². The van der Waals surface area contributed by atoms with Gasteiger partial charge in [-0.1, -0.05) is 48.5 Å². The van der Waals surface area contributed by atoms with Crippen LogP contribution in [0, 0.1) is 0 Å². The van der Waals surface area contributed by atoms with Crippen molar-refractivity contribution < 1.29 is 4.79 Å². The molecule has 0 fully saturated rings. The van der Waals surface area contributed by atoms with Crippen molar-refractivity contribution in [1.82, 2.24) is 20.1 Å². The minimum absolute atomic E-state index is 0.0990. The van der Waals surface area contributed by atoms with Gasteiger partial charge in [-0.2, -0.15) is 5.10 Å². The van der Waals surface area contributed by atoms with Gasteiger partial charge in [0.15, 0.2) is 0 Å². The van der Waals surface area contributed by atoms with Crippen molar-refractivity contribution in [1.29, 1.82) is 0 Å². The van der Waals surface area contributed by atoms with E-state index < -0.39 is 0 Å². The number of aromatic amines is 1. The SMILES string of the molecule is CC1(C)CC(c2ccccc2)Nc2c(C(=O)NCCc3c[nH]c4ccccc34)cnn21. The maximum absolute atomic E-state index is 13.0. The summed E-state index contributed by atoms with van der Waals surface area (Å²) < 4.78 is 1.95. The molecule has 2 aromatic heterocycles. The molecule has 31 heavy (non-hydrogen) atoms. The van der Waals surface area contributed by atoms with Gasteiger partial charge in [0.2, 0.25) is 0 Å². The molecule has 0 aliphatic carbocycles. The van der Waals surface area contributed by atoms with Crippen molar-refractivity contribution in [3.05, 3.63) is 83.7 Å². The normalized spacial score (nSPS) is 17.2. The molecule has 0 bridgehead atoms. The van der Waals surface area contributed by atoms with Gasteiger partial charge >= 0.3 is 0 Å². The van der Waals surface area contributed by atoms with E-state index in [9.17, 15) is 4.79 Å². The Morgan fingerprint density at radius 1 is 1.16 bits per heavy atom. The third kappa shape index (κ3) is 3.58. The summed E-state index contributed by atoms with van der Waals surface area (Å²) in [5.74, 6) is 0.688. The summed E-state index contributed by atoms with van der Waals surface area (Å²) in [5.41, 5.74) is 3.94. The first-order valence-electron chi connectivity index (χ1n) is 10.8. The maximum atomic E-state index is 13.0. The Labute approximate surface area is 181 Å². The fourth-order valence-electron chi connectivity index (χ4n) is 4.55. The standard InChI is InChI=1S/C25H27N5O/c1-25(2)14-22(17-8-4-3-5-9-17)29-23-20(16-28-30(23)25)24(31)26-13-12-18-15-27-21-11-7-6-10-19(18)21/h3-11,15-16,22,27,29H,12-14H2,1-2H3,(H,26,31). The van der Waals surface area contributed by atoms with Gasteiger partial charge in [0.25, 0.3) is 5.91 Å². The van der Waals surface area contributed by atoms with Gasteiger partial charge in [-0.3, -0.25) is 4.79 Å². The first-order chi connectivity index (χ1) is 15.0. The summed E-state index contributed by atoms with van der Waals surface area (Å²) in [7, 11) is 0. The van der Waals surface area contributed by atoms with Gasteiger partial charge in [0, 0.05) is 23.6 Å². The van der Waals surface area contributed by atoms with Crippen LogP contribution in [0.4, 0.5) is 5.82 Å². The average Bonchev–Trinajstić information content (AvgIpc) is 3.39. The fraction of sp³-hybridized carbons (Fsp3) is 0.280. The third-order valence-corrected chi connectivity index (χ3v) is 6.16. The van der Waals surface area contributed by atoms with Gasteiger partial charge in [-0.25, -0.2) is 4.68 Å². The largest absolute Gasteiger partial charge is 0.363 e. The van der Waals surface area contributed by atoms with Crippen molar-refractivity contribution >= 4 is 22.6 Å². The van der Waals surface area contributed by atoms with Crippen molar-refractivity contribution in [2.75, 3.05) is 11.9 Å². The molecule has 0 spiro atoms. The van der Waals surface area contributed by atoms with E-state index in [1.807, 2.05) is 41.2 Å². The minimum atomic E-state index is -0.191. The van der Waals surface area contributed by atoms with Crippen LogP contribution in [0.3, 0.4) is 0 Å².